The number of benzene rings is 2. The molecular weight excluding hydrogens is 360 g/mol. The molecule has 0 amide bonds. The van der Waals surface area contributed by atoms with Crippen LogP contribution in [-0.2, 0) is 15.9 Å². The zero-order valence-corrected chi connectivity index (χ0v) is 16.2. The van der Waals surface area contributed by atoms with Crippen molar-refractivity contribution in [3.05, 3.63) is 58.1 Å². The standard InChI is InChI=1S/C22H24O6/c1-4-27-21-13-6-5-7-16(26-3)18(13)20(28-21)19-14(23)9-8-12-10-22(2,25)11-15(24)17(12)19/h5-9,20-21,23,25H,4,10-11H2,1-3H3/t20-,21+,22-/m1/s1. The highest BCUT2D eigenvalue weighted by molar-refractivity contribution is 6.01. The first-order valence-corrected chi connectivity index (χ1v) is 9.40. The first-order chi connectivity index (χ1) is 13.4. The lowest BCUT2D eigenvalue weighted by molar-refractivity contribution is -0.148. The molecule has 2 aliphatic rings. The predicted molar refractivity (Wildman–Crippen MR) is 102 cm³/mol. The van der Waals surface area contributed by atoms with Gasteiger partial charge in [-0.3, -0.25) is 4.79 Å². The molecule has 2 N–H and O–H groups in total. The van der Waals surface area contributed by atoms with Gasteiger partial charge in [0.2, 0.25) is 0 Å². The number of hydrogen-bond acceptors (Lipinski definition) is 6. The summed E-state index contributed by atoms with van der Waals surface area (Å²) in [5.41, 5.74) is 2.00. The first kappa shape index (κ1) is 18.9. The predicted octanol–water partition coefficient (Wildman–Crippen LogP) is 3.44. The summed E-state index contributed by atoms with van der Waals surface area (Å²) in [6.07, 6.45) is -0.986. The third kappa shape index (κ3) is 2.98. The van der Waals surface area contributed by atoms with E-state index in [9.17, 15) is 15.0 Å². The minimum Gasteiger partial charge on any atom is -0.508 e. The van der Waals surface area contributed by atoms with Crippen LogP contribution in [0.4, 0.5) is 0 Å². The second kappa shape index (κ2) is 6.88. The van der Waals surface area contributed by atoms with Crippen LogP contribution in [0.3, 0.4) is 0 Å². The largest absolute Gasteiger partial charge is 0.508 e. The summed E-state index contributed by atoms with van der Waals surface area (Å²) >= 11 is 0. The van der Waals surface area contributed by atoms with Gasteiger partial charge in [-0.2, -0.15) is 0 Å². The fourth-order valence-corrected chi connectivity index (χ4v) is 4.29. The van der Waals surface area contributed by atoms with Crippen LogP contribution in [0.1, 0.15) is 65.3 Å². The van der Waals surface area contributed by atoms with Gasteiger partial charge in [0.1, 0.15) is 17.6 Å². The van der Waals surface area contributed by atoms with Crippen molar-refractivity contribution in [3.8, 4) is 11.5 Å². The molecule has 1 heterocycles. The summed E-state index contributed by atoms with van der Waals surface area (Å²) in [5.74, 6) is 0.377. The Labute approximate surface area is 163 Å². The highest BCUT2D eigenvalue weighted by Gasteiger charge is 2.42. The summed E-state index contributed by atoms with van der Waals surface area (Å²) in [6, 6.07) is 8.82. The quantitative estimate of drug-likeness (QED) is 0.840. The zero-order valence-electron chi connectivity index (χ0n) is 16.2. The van der Waals surface area contributed by atoms with E-state index in [2.05, 4.69) is 0 Å². The van der Waals surface area contributed by atoms with E-state index in [4.69, 9.17) is 14.2 Å². The molecular formula is C22H24O6. The van der Waals surface area contributed by atoms with Crippen LogP contribution in [0.15, 0.2) is 30.3 Å². The molecule has 2 aromatic rings. The van der Waals surface area contributed by atoms with E-state index in [1.807, 2.05) is 25.1 Å². The molecule has 4 rings (SSSR count). The lowest BCUT2D eigenvalue weighted by Crippen LogP contribution is -2.36. The molecule has 2 aromatic carbocycles. The molecule has 148 valence electrons. The molecule has 1 aliphatic heterocycles. The molecule has 0 bridgehead atoms. The number of fused-ring (bicyclic) bond motifs is 2. The Balaban J connectivity index is 1.91. The van der Waals surface area contributed by atoms with E-state index in [0.29, 0.717) is 35.5 Å². The van der Waals surface area contributed by atoms with E-state index in [0.717, 1.165) is 11.1 Å². The summed E-state index contributed by atoms with van der Waals surface area (Å²) in [7, 11) is 1.57. The molecule has 0 radical (unpaired) electrons. The molecule has 0 saturated carbocycles. The molecule has 28 heavy (non-hydrogen) atoms. The van der Waals surface area contributed by atoms with E-state index >= 15 is 0 Å². The van der Waals surface area contributed by atoms with Crippen LogP contribution >= 0.6 is 0 Å². The van der Waals surface area contributed by atoms with Gasteiger partial charge in [-0.25, -0.2) is 0 Å². The second-order valence-corrected chi connectivity index (χ2v) is 7.57. The molecule has 3 atom stereocenters. The van der Waals surface area contributed by atoms with Crippen molar-refractivity contribution >= 4 is 5.78 Å². The van der Waals surface area contributed by atoms with Crippen molar-refractivity contribution in [2.45, 2.75) is 44.7 Å². The third-order valence-electron chi connectivity index (χ3n) is 5.38. The van der Waals surface area contributed by atoms with E-state index in [1.54, 1.807) is 26.2 Å². The van der Waals surface area contributed by atoms with Crippen molar-refractivity contribution in [2.24, 2.45) is 0 Å². The SMILES string of the molecule is CCO[C@H]1O[C@@H](c2c(O)ccc3c2C(=O)C[C@](C)(O)C3)c2c(OC)cccc21. The van der Waals surface area contributed by atoms with Gasteiger partial charge in [-0.15, -0.1) is 0 Å². The summed E-state index contributed by atoms with van der Waals surface area (Å²) in [4.78, 5) is 12.9. The number of phenolic OH excluding ortho intramolecular Hbond substituents is 1. The van der Waals surface area contributed by atoms with Gasteiger partial charge in [0.25, 0.3) is 0 Å². The Morgan fingerprint density at radius 3 is 2.71 bits per heavy atom. The van der Waals surface area contributed by atoms with E-state index < -0.39 is 18.0 Å². The molecule has 6 nitrogen and oxygen atoms in total. The Hall–Kier alpha value is -2.41. The highest BCUT2D eigenvalue weighted by Crippen LogP contribution is 2.51. The average molecular weight is 384 g/mol. The van der Waals surface area contributed by atoms with Crippen molar-refractivity contribution in [3.63, 3.8) is 0 Å². The second-order valence-electron chi connectivity index (χ2n) is 7.57. The van der Waals surface area contributed by atoms with Crippen molar-refractivity contribution in [2.75, 3.05) is 13.7 Å². The number of aromatic hydroxyl groups is 1. The van der Waals surface area contributed by atoms with E-state index in [-0.39, 0.29) is 18.0 Å². The lowest BCUT2D eigenvalue weighted by atomic mass is 9.77. The maximum atomic E-state index is 12.9. The average Bonchev–Trinajstić information content (AvgIpc) is 3.00. The lowest BCUT2D eigenvalue weighted by Gasteiger charge is -2.31. The summed E-state index contributed by atoms with van der Waals surface area (Å²) < 4.78 is 17.4. The van der Waals surface area contributed by atoms with Crippen LogP contribution < -0.4 is 4.74 Å². The van der Waals surface area contributed by atoms with Gasteiger partial charge >= 0.3 is 0 Å². The number of Topliss-reactive ketones (excluding diaryl/α,β-unsaturated/α-hetero) is 1. The maximum absolute atomic E-state index is 12.9. The van der Waals surface area contributed by atoms with Crippen molar-refractivity contribution < 1.29 is 29.2 Å². The number of methoxy groups -OCH3 is 1. The molecule has 0 unspecified atom stereocenters. The number of phenols is 1. The van der Waals surface area contributed by atoms with Crippen LogP contribution in [0.5, 0.6) is 11.5 Å². The number of carbonyl (C=O) groups is 1. The van der Waals surface area contributed by atoms with E-state index in [1.165, 1.54) is 0 Å². The smallest absolute Gasteiger partial charge is 0.185 e. The van der Waals surface area contributed by atoms with Gasteiger partial charge in [0.15, 0.2) is 12.1 Å². The Bertz CT molecular complexity index is 933. The summed E-state index contributed by atoms with van der Waals surface area (Å²) in [6.45, 7) is 3.98. The van der Waals surface area contributed by atoms with Crippen LogP contribution in [0, 0.1) is 0 Å². The van der Waals surface area contributed by atoms with Gasteiger partial charge in [0, 0.05) is 41.7 Å². The molecule has 0 saturated heterocycles. The third-order valence-corrected chi connectivity index (χ3v) is 5.38. The topological polar surface area (TPSA) is 85.2 Å². The number of hydrogen-bond donors (Lipinski definition) is 2. The Kier molecular flexibility index (Phi) is 4.65. The highest BCUT2D eigenvalue weighted by atomic mass is 16.7. The normalized spacial score (nSPS) is 26.1. The fourth-order valence-electron chi connectivity index (χ4n) is 4.29. The number of ketones is 1. The molecule has 0 aromatic heterocycles. The molecule has 0 spiro atoms. The van der Waals surface area contributed by atoms with Gasteiger partial charge in [-0.05, 0) is 31.5 Å². The number of rotatable bonds is 4. The molecule has 0 fully saturated rings. The first-order valence-electron chi connectivity index (χ1n) is 9.40. The van der Waals surface area contributed by atoms with Gasteiger partial charge < -0.3 is 24.4 Å². The van der Waals surface area contributed by atoms with Crippen molar-refractivity contribution in [1.29, 1.82) is 0 Å². The van der Waals surface area contributed by atoms with Gasteiger partial charge in [-0.1, -0.05) is 18.2 Å². The van der Waals surface area contributed by atoms with Gasteiger partial charge in [0.05, 0.1) is 12.7 Å². The number of aliphatic hydroxyl groups is 1. The minimum atomic E-state index is -1.10. The maximum Gasteiger partial charge on any atom is 0.185 e. The monoisotopic (exact) mass is 384 g/mol. The Morgan fingerprint density at radius 2 is 2.00 bits per heavy atom. The van der Waals surface area contributed by atoms with Crippen molar-refractivity contribution in [1.82, 2.24) is 0 Å². The van der Waals surface area contributed by atoms with Crippen LogP contribution in [0.2, 0.25) is 0 Å². The molecule has 6 heteroatoms. The summed E-state index contributed by atoms with van der Waals surface area (Å²) in [5, 5.41) is 21.1. The Morgan fingerprint density at radius 1 is 1.21 bits per heavy atom. The fraction of sp³-hybridized carbons (Fsp3) is 0.409. The van der Waals surface area contributed by atoms with Crippen LogP contribution in [-0.4, -0.2) is 35.3 Å². The number of carbonyl (C=O) groups excluding carboxylic acids is 1. The molecule has 1 aliphatic carbocycles. The minimum absolute atomic E-state index is 0.00313. The zero-order chi connectivity index (χ0) is 20.1. The van der Waals surface area contributed by atoms with Crippen LogP contribution in [0.25, 0.3) is 0 Å². The number of ether oxygens (including phenoxy) is 3.